The molecule has 206 valence electrons. The van der Waals surface area contributed by atoms with Gasteiger partial charge in [0.05, 0.1) is 33.8 Å². The van der Waals surface area contributed by atoms with Gasteiger partial charge in [0.15, 0.2) is 0 Å². The van der Waals surface area contributed by atoms with E-state index >= 15 is 0 Å². The molecule has 0 aromatic rings. The molecule has 7 heteroatoms. The molecule has 0 saturated carbocycles. The lowest BCUT2D eigenvalue weighted by Gasteiger charge is -2.28. The molecule has 0 fully saturated rings. The molecule has 0 bridgehead atoms. The van der Waals surface area contributed by atoms with E-state index in [-0.39, 0.29) is 6.61 Å². The minimum atomic E-state index is -4.42. The Hall–Kier alpha value is -0.470. The fraction of sp³-hybridized carbons (Fsp3) is 0.926. The zero-order valence-corrected chi connectivity index (χ0v) is 24.1. The second-order valence-electron chi connectivity index (χ2n) is 9.83. The molecule has 34 heavy (non-hydrogen) atoms. The van der Waals surface area contributed by atoms with Gasteiger partial charge in [-0.2, -0.15) is 0 Å². The largest absolute Gasteiger partial charge is 0.726 e. The van der Waals surface area contributed by atoms with Crippen LogP contribution in [0.25, 0.3) is 0 Å². The number of allylic oxidation sites excluding steroid dienone is 2. The van der Waals surface area contributed by atoms with Gasteiger partial charge < -0.3 is 14.4 Å². The van der Waals surface area contributed by atoms with Crippen LogP contribution in [0.1, 0.15) is 117 Å². The Morgan fingerprint density at radius 1 is 0.735 bits per heavy atom. The van der Waals surface area contributed by atoms with Crippen LogP contribution < -0.4 is 5.32 Å². The standard InChI is InChI=1S/C25H53N2.C2H6O4S/c1-5-7-8-9-10-11-12-13-14-15-16-17-18-19-20-21-23-26-24-22-25-27(3,4)6-2;1-2-6-7(3,4)5/h13-14,26H,5-12,15-25H2,1-4H3;2H2,1H3,(H,3,4,5)/q+1;/p-1/b14-13-;. The summed E-state index contributed by atoms with van der Waals surface area (Å²) >= 11 is 0. The predicted octanol–water partition coefficient (Wildman–Crippen LogP) is 6.58. The van der Waals surface area contributed by atoms with E-state index in [2.05, 4.69) is 49.6 Å². The van der Waals surface area contributed by atoms with Crippen molar-refractivity contribution in [2.24, 2.45) is 0 Å². The summed E-state index contributed by atoms with van der Waals surface area (Å²) in [5.41, 5.74) is 0. The molecule has 0 aliphatic carbocycles. The maximum Gasteiger partial charge on any atom is 0.217 e. The summed E-state index contributed by atoms with van der Waals surface area (Å²) in [6.07, 6.45) is 25.6. The lowest BCUT2D eigenvalue weighted by Crippen LogP contribution is -2.41. The van der Waals surface area contributed by atoms with E-state index in [4.69, 9.17) is 0 Å². The maximum atomic E-state index is 9.45. The molecule has 0 unspecified atom stereocenters. The molecule has 0 spiro atoms. The summed E-state index contributed by atoms with van der Waals surface area (Å²) in [6, 6.07) is 0. The van der Waals surface area contributed by atoms with E-state index in [0.717, 1.165) is 4.48 Å². The Morgan fingerprint density at radius 2 is 1.21 bits per heavy atom. The second-order valence-corrected chi connectivity index (χ2v) is 10.9. The first kappa shape index (κ1) is 35.7. The average Bonchev–Trinajstić information content (AvgIpc) is 2.77. The molecular weight excluding hydrogens is 448 g/mol. The summed E-state index contributed by atoms with van der Waals surface area (Å²) in [5.74, 6) is 0. The molecule has 0 aliphatic heterocycles. The number of nitrogens with one attached hydrogen (secondary N) is 1. The zero-order chi connectivity index (χ0) is 26.0. The maximum absolute atomic E-state index is 9.45. The van der Waals surface area contributed by atoms with Gasteiger partial charge in [-0.25, -0.2) is 8.42 Å². The number of rotatable bonds is 23. The van der Waals surface area contributed by atoms with E-state index in [9.17, 15) is 13.0 Å². The Bertz CT molecular complexity index is 537. The summed E-state index contributed by atoms with van der Waals surface area (Å²) < 4.78 is 33.2. The lowest BCUT2D eigenvalue weighted by atomic mass is 10.1. The molecule has 0 heterocycles. The first-order valence-corrected chi connectivity index (χ1v) is 15.3. The summed E-state index contributed by atoms with van der Waals surface area (Å²) in [7, 11) is 0.225. The summed E-state index contributed by atoms with van der Waals surface area (Å²) in [6.45, 7) is 10.8. The van der Waals surface area contributed by atoms with E-state index < -0.39 is 10.4 Å². The van der Waals surface area contributed by atoms with Crippen molar-refractivity contribution in [1.82, 2.24) is 5.32 Å². The normalized spacial score (nSPS) is 12.2. The molecule has 0 aliphatic rings. The molecule has 6 nitrogen and oxygen atoms in total. The van der Waals surface area contributed by atoms with Gasteiger partial charge in [-0.05, 0) is 52.5 Å². The second kappa shape index (κ2) is 25.6. The van der Waals surface area contributed by atoms with Crippen molar-refractivity contribution in [3.8, 4) is 0 Å². The molecule has 0 aromatic carbocycles. The summed E-state index contributed by atoms with van der Waals surface area (Å²) in [4.78, 5) is 0. The number of nitrogens with zero attached hydrogens (tertiary/aromatic N) is 1. The number of hydrogen-bond donors (Lipinski definition) is 1. The minimum absolute atomic E-state index is 0.0914. The van der Waals surface area contributed by atoms with Crippen LogP contribution in [-0.4, -0.2) is 64.3 Å². The monoisotopic (exact) mass is 506 g/mol. The van der Waals surface area contributed by atoms with Crippen LogP contribution in [0.5, 0.6) is 0 Å². The van der Waals surface area contributed by atoms with E-state index in [1.165, 1.54) is 129 Å². The third kappa shape index (κ3) is 33.7. The Balaban J connectivity index is 0. The first-order valence-electron chi connectivity index (χ1n) is 14.0. The Morgan fingerprint density at radius 3 is 1.65 bits per heavy atom. The number of hydrogen-bond acceptors (Lipinski definition) is 5. The van der Waals surface area contributed by atoms with Gasteiger partial charge in [0, 0.05) is 13.0 Å². The van der Waals surface area contributed by atoms with E-state index in [1.54, 1.807) is 0 Å². The van der Waals surface area contributed by atoms with Gasteiger partial charge in [0.25, 0.3) is 0 Å². The summed E-state index contributed by atoms with van der Waals surface area (Å²) in [5, 5.41) is 3.61. The highest BCUT2D eigenvalue weighted by molar-refractivity contribution is 7.80. The Labute approximate surface area is 213 Å². The third-order valence-corrected chi connectivity index (χ3v) is 6.62. The van der Waals surface area contributed by atoms with Crippen molar-refractivity contribution in [2.45, 2.75) is 117 Å². The van der Waals surface area contributed by atoms with Crippen LogP contribution in [0.4, 0.5) is 0 Å². The van der Waals surface area contributed by atoms with Gasteiger partial charge >= 0.3 is 0 Å². The highest BCUT2D eigenvalue weighted by atomic mass is 32.3. The third-order valence-electron chi connectivity index (χ3n) is 6.10. The van der Waals surface area contributed by atoms with Crippen molar-refractivity contribution in [1.29, 1.82) is 0 Å². The van der Waals surface area contributed by atoms with Gasteiger partial charge in [-0.3, -0.25) is 4.18 Å². The molecule has 1 N–H and O–H groups in total. The van der Waals surface area contributed by atoms with E-state index in [1.807, 2.05) is 0 Å². The fourth-order valence-electron chi connectivity index (χ4n) is 3.56. The smallest absolute Gasteiger partial charge is 0.217 e. The molecule has 0 aromatic heterocycles. The molecule has 0 amide bonds. The molecular formula is C27H58N2O4S. The molecule has 0 rings (SSSR count). The van der Waals surface area contributed by atoms with Gasteiger partial charge in [-0.1, -0.05) is 76.9 Å². The van der Waals surface area contributed by atoms with Gasteiger partial charge in [0.2, 0.25) is 10.4 Å². The zero-order valence-electron chi connectivity index (χ0n) is 23.3. The van der Waals surface area contributed by atoms with Crippen LogP contribution >= 0.6 is 0 Å². The van der Waals surface area contributed by atoms with Crippen molar-refractivity contribution in [2.75, 3.05) is 46.9 Å². The average molecular weight is 507 g/mol. The van der Waals surface area contributed by atoms with Crippen molar-refractivity contribution in [3.05, 3.63) is 12.2 Å². The van der Waals surface area contributed by atoms with Gasteiger partial charge in [0.1, 0.15) is 0 Å². The topological polar surface area (TPSA) is 78.5 Å². The SMILES string of the molecule is CCCCCCCC/C=C\CCCCCCCCNCCC[N+](C)(C)CC.CCOS(=O)(=O)[O-]. The van der Waals surface area contributed by atoms with E-state index in [0.29, 0.717) is 0 Å². The molecule has 0 saturated heterocycles. The predicted molar refractivity (Wildman–Crippen MR) is 146 cm³/mol. The quantitative estimate of drug-likeness (QED) is 0.0556. The molecule has 0 atom stereocenters. The number of quaternary nitrogens is 1. The minimum Gasteiger partial charge on any atom is -0.726 e. The van der Waals surface area contributed by atoms with Crippen LogP contribution in [0.3, 0.4) is 0 Å². The van der Waals surface area contributed by atoms with Crippen molar-refractivity contribution >= 4 is 10.4 Å². The van der Waals surface area contributed by atoms with Crippen LogP contribution in [0.15, 0.2) is 12.2 Å². The fourth-order valence-corrected chi connectivity index (χ4v) is 3.85. The van der Waals surface area contributed by atoms with Crippen LogP contribution in [0, 0.1) is 0 Å². The highest BCUT2D eigenvalue weighted by Crippen LogP contribution is 2.09. The number of unbranched alkanes of at least 4 members (excludes halogenated alkanes) is 12. The Kier molecular flexibility index (Phi) is 26.9. The molecule has 0 radical (unpaired) electrons. The van der Waals surface area contributed by atoms with Crippen LogP contribution in [0.2, 0.25) is 0 Å². The van der Waals surface area contributed by atoms with Gasteiger partial charge in [-0.15, -0.1) is 0 Å². The highest BCUT2D eigenvalue weighted by Gasteiger charge is 2.09. The first-order chi connectivity index (χ1) is 16.2. The van der Waals surface area contributed by atoms with Crippen molar-refractivity contribution in [3.63, 3.8) is 0 Å². The van der Waals surface area contributed by atoms with Crippen molar-refractivity contribution < 1.29 is 21.6 Å². The lowest BCUT2D eigenvalue weighted by molar-refractivity contribution is -0.888. The van der Waals surface area contributed by atoms with Crippen LogP contribution in [-0.2, 0) is 14.6 Å².